The highest BCUT2D eigenvalue weighted by molar-refractivity contribution is 5.81. The number of nitrogens with zero attached hydrogens (tertiary/aromatic N) is 1. The predicted octanol–water partition coefficient (Wildman–Crippen LogP) is -0.344. The van der Waals surface area contributed by atoms with Crippen LogP contribution in [0.5, 0.6) is 0 Å². The van der Waals surface area contributed by atoms with Crippen LogP contribution in [0.25, 0.3) is 0 Å². The quantitative estimate of drug-likeness (QED) is 0.560. The number of hydrogen-bond donors (Lipinski definition) is 1. The van der Waals surface area contributed by atoms with E-state index < -0.39 is 5.97 Å². The molecule has 16 heavy (non-hydrogen) atoms. The first-order valence-corrected chi connectivity index (χ1v) is 4.77. The maximum absolute atomic E-state index is 11.2. The average Bonchev–Trinajstić information content (AvgIpc) is 2.23. The van der Waals surface area contributed by atoms with E-state index in [-0.39, 0.29) is 17.7 Å². The molecule has 0 amide bonds. The number of rotatable bonds is 4. The Morgan fingerprint density at radius 1 is 1.50 bits per heavy atom. The molecule has 1 N–H and O–H groups in total. The van der Waals surface area contributed by atoms with Gasteiger partial charge in [-0.05, 0) is 6.92 Å². The highest BCUT2D eigenvalue weighted by Crippen LogP contribution is 1.82. The van der Waals surface area contributed by atoms with Crippen molar-refractivity contribution in [2.75, 3.05) is 6.61 Å². The van der Waals surface area contributed by atoms with E-state index >= 15 is 0 Å². The fourth-order valence-electron chi connectivity index (χ4n) is 1.04. The number of aromatic nitrogens is 2. The average molecular weight is 224 g/mol. The molecule has 0 spiro atoms. The minimum atomic E-state index is -0.478. The van der Waals surface area contributed by atoms with E-state index in [9.17, 15) is 14.4 Å². The summed E-state index contributed by atoms with van der Waals surface area (Å²) < 4.78 is 5.74. The molecule has 0 fully saturated rings. The molecule has 0 radical (unpaired) electrons. The molecule has 1 aromatic rings. The summed E-state index contributed by atoms with van der Waals surface area (Å²) in [6.07, 6.45) is 2.65. The lowest BCUT2D eigenvalue weighted by Gasteiger charge is -1.99. The highest BCUT2D eigenvalue weighted by Gasteiger charge is 1.95. The van der Waals surface area contributed by atoms with Crippen LogP contribution < -0.4 is 11.1 Å². The second-order valence-corrected chi connectivity index (χ2v) is 2.91. The van der Waals surface area contributed by atoms with E-state index in [1.54, 1.807) is 6.92 Å². The molecule has 1 aromatic heterocycles. The van der Waals surface area contributed by atoms with Crippen molar-refractivity contribution < 1.29 is 9.53 Å². The summed E-state index contributed by atoms with van der Waals surface area (Å²) >= 11 is 0. The smallest absolute Gasteiger partial charge is 0.330 e. The molecule has 6 nitrogen and oxygen atoms in total. The van der Waals surface area contributed by atoms with Crippen LogP contribution in [-0.4, -0.2) is 22.4 Å². The van der Waals surface area contributed by atoms with Gasteiger partial charge in [0.25, 0.3) is 11.1 Å². The predicted molar refractivity (Wildman–Crippen MR) is 57.1 cm³/mol. The SMILES string of the molecule is CCOC(=O)/C=C/Cn1[nH]c(=O)ccc1=O. The molecule has 0 aliphatic carbocycles. The van der Waals surface area contributed by atoms with Crippen molar-refractivity contribution in [3.8, 4) is 0 Å². The van der Waals surface area contributed by atoms with Crippen LogP contribution in [0.3, 0.4) is 0 Å². The van der Waals surface area contributed by atoms with Crippen molar-refractivity contribution in [1.29, 1.82) is 0 Å². The van der Waals surface area contributed by atoms with Crippen molar-refractivity contribution >= 4 is 5.97 Å². The zero-order valence-corrected chi connectivity index (χ0v) is 8.80. The summed E-state index contributed by atoms with van der Waals surface area (Å²) in [6.45, 7) is 2.12. The fraction of sp³-hybridized carbons (Fsp3) is 0.300. The Bertz CT molecular complexity index is 498. The van der Waals surface area contributed by atoms with Crippen LogP contribution in [0.4, 0.5) is 0 Å². The van der Waals surface area contributed by atoms with Crippen molar-refractivity contribution in [1.82, 2.24) is 9.78 Å². The molecule has 6 heteroatoms. The third-order valence-electron chi connectivity index (χ3n) is 1.72. The van der Waals surface area contributed by atoms with E-state index in [0.29, 0.717) is 6.61 Å². The molecule has 0 saturated heterocycles. The van der Waals surface area contributed by atoms with E-state index in [0.717, 1.165) is 16.8 Å². The third kappa shape index (κ3) is 3.56. The number of aromatic amines is 1. The van der Waals surface area contributed by atoms with Gasteiger partial charge in [0, 0.05) is 18.2 Å². The van der Waals surface area contributed by atoms with Crippen LogP contribution in [0, 0.1) is 0 Å². The Morgan fingerprint density at radius 2 is 2.25 bits per heavy atom. The minimum absolute atomic E-state index is 0.119. The second-order valence-electron chi connectivity index (χ2n) is 2.91. The Morgan fingerprint density at radius 3 is 2.94 bits per heavy atom. The first kappa shape index (κ1) is 12.0. The largest absolute Gasteiger partial charge is 0.463 e. The van der Waals surface area contributed by atoms with Gasteiger partial charge in [-0.1, -0.05) is 6.08 Å². The number of carbonyl (C=O) groups is 1. The van der Waals surface area contributed by atoms with E-state index in [4.69, 9.17) is 0 Å². The summed E-state index contributed by atoms with van der Waals surface area (Å²) in [7, 11) is 0. The van der Waals surface area contributed by atoms with Crippen molar-refractivity contribution in [3.05, 3.63) is 45.0 Å². The molecule has 0 atom stereocenters. The first-order valence-electron chi connectivity index (χ1n) is 4.77. The number of esters is 1. The lowest BCUT2D eigenvalue weighted by Crippen LogP contribution is -2.27. The Hall–Kier alpha value is -2.11. The first-order chi connectivity index (χ1) is 7.63. The molecule has 0 aliphatic rings. The monoisotopic (exact) mass is 224 g/mol. The maximum Gasteiger partial charge on any atom is 0.330 e. The van der Waals surface area contributed by atoms with Crippen molar-refractivity contribution in [3.63, 3.8) is 0 Å². The van der Waals surface area contributed by atoms with E-state index in [2.05, 4.69) is 9.84 Å². The highest BCUT2D eigenvalue weighted by atomic mass is 16.5. The Kier molecular flexibility index (Phi) is 4.26. The summed E-state index contributed by atoms with van der Waals surface area (Å²) in [5, 5.41) is 2.33. The van der Waals surface area contributed by atoms with Crippen LogP contribution in [0.2, 0.25) is 0 Å². The number of H-pyrrole nitrogens is 1. The molecule has 0 aliphatic heterocycles. The van der Waals surface area contributed by atoms with Crippen LogP contribution in [0.1, 0.15) is 6.92 Å². The Balaban J connectivity index is 2.68. The molecular formula is C10H12N2O4. The van der Waals surface area contributed by atoms with Gasteiger partial charge >= 0.3 is 5.97 Å². The van der Waals surface area contributed by atoms with Gasteiger partial charge in [0.15, 0.2) is 0 Å². The normalized spacial score (nSPS) is 10.6. The lowest BCUT2D eigenvalue weighted by atomic mass is 10.5. The van der Waals surface area contributed by atoms with Gasteiger partial charge in [0.1, 0.15) is 0 Å². The number of nitrogens with one attached hydrogen (secondary N) is 1. The van der Waals surface area contributed by atoms with E-state index in [1.807, 2.05) is 0 Å². The van der Waals surface area contributed by atoms with Gasteiger partial charge in [0.05, 0.1) is 13.2 Å². The summed E-state index contributed by atoms with van der Waals surface area (Å²) in [5.74, 6) is -0.478. The summed E-state index contributed by atoms with van der Waals surface area (Å²) in [5.41, 5.74) is -0.711. The van der Waals surface area contributed by atoms with Crippen molar-refractivity contribution in [2.45, 2.75) is 13.5 Å². The zero-order valence-electron chi connectivity index (χ0n) is 8.80. The summed E-state index contributed by atoms with van der Waals surface area (Å²) in [4.78, 5) is 33.0. The zero-order chi connectivity index (χ0) is 12.0. The standard InChI is InChI=1S/C10H12N2O4/c1-2-16-10(15)4-3-7-12-9(14)6-5-8(13)11-12/h3-6H,2,7H2,1H3,(H,11,13)/b4-3+. The molecule has 86 valence electrons. The second kappa shape index (κ2) is 5.69. The number of hydrogen-bond acceptors (Lipinski definition) is 4. The van der Waals surface area contributed by atoms with Gasteiger partial charge < -0.3 is 4.74 Å². The molecule has 0 bridgehead atoms. The lowest BCUT2D eigenvalue weighted by molar-refractivity contribution is -0.137. The molecular weight excluding hydrogens is 212 g/mol. The van der Waals surface area contributed by atoms with E-state index in [1.165, 1.54) is 12.2 Å². The molecule has 0 aromatic carbocycles. The third-order valence-corrected chi connectivity index (χ3v) is 1.72. The van der Waals surface area contributed by atoms with Gasteiger partial charge in [-0.15, -0.1) is 0 Å². The molecule has 1 heterocycles. The Labute approximate surface area is 91.1 Å². The van der Waals surface area contributed by atoms with Gasteiger partial charge in [0.2, 0.25) is 0 Å². The van der Waals surface area contributed by atoms with Crippen LogP contribution in [-0.2, 0) is 16.1 Å². The van der Waals surface area contributed by atoms with Gasteiger partial charge in [-0.2, -0.15) is 0 Å². The van der Waals surface area contributed by atoms with Crippen molar-refractivity contribution in [2.24, 2.45) is 0 Å². The van der Waals surface area contributed by atoms with Gasteiger partial charge in [-0.3, -0.25) is 14.7 Å². The molecule has 0 unspecified atom stereocenters. The minimum Gasteiger partial charge on any atom is -0.463 e. The molecule has 0 saturated carbocycles. The number of ether oxygens (including phenoxy) is 1. The fourth-order valence-corrected chi connectivity index (χ4v) is 1.04. The number of carbonyl (C=O) groups excluding carboxylic acids is 1. The van der Waals surface area contributed by atoms with Crippen LogP contribution in [0.15, 0.2) is 33.9 Å². The topological polar surface area (TPSA) is 81.2 Å². The molecule has 1 rings (SSSR count). The van der Waals surface area contributed by atoms with Crippen LogP contribution >= 0.6 is 0 Å². The number of allylic oxidation sites excluding steroid dienone is 1. The summed E-state index contributed by atoms with van der Waals surface area (Å²) in [6, 6.07) is 2.31. The maximum atomic E-state index is 11.2. The van der Waals surface area contributed by atoms with Gasteiger partial charge in [-0.25, -0.2) is 9.48 Å².